The minimum Gasteiger partial charge on any atom is -0.325 e. The van der Waals surface area contributed by atoms with E-state index in [4.69, 9.17) is 28.9 Å². The van der Waals surface area contributed by atoms with Crippen molar-refractivity contribution in [3.05, 3.63) is 40.1 Å². The molecule has 2 rings (SSSR count). The van der Waals surface area contributed by atoms with Crippen molar-refractivity contribution >= 4 is 23.2 Å². The van der Waals surface area contributed by atoms with E-state index in [1.165, 1.54) is 0 Å². The Morgan fingerprint density at radius 1 is 1.31 bits per heavy atom. The molecule has 0 saturated carbocycles. The Hall–Kier alpha value is -1.03. The minimum absolute atomic E-state index is 0.384. The second-order valence-electron chi connectivity index (χ2n) is 3.49. The molecule has 0 saturated heterocycles. The van der Waals surface area contributed by atoms with Gasteiger partial charge in [0.1, 0.15) is 0 Å². The molecule has 0 spiro atoms. The first-order chi connectivity index (χ1) is 7.61. The lowest BCUT2D eigenvalue weighted by atomic mass is 10.1. The van der Waals surface area contributed by atoms with Crippen molar-refractivity contribution in [1.82, 2.24) is 9.78 Å². The van der Waals surface area contributed by atoms with Gasteiger partial charge >= 0.3 is 0 Å². The van der Waals surface area contributed by atoms with Gasteiger partial charge in [0, 0.05) is 41.0 Å². The fourth-order valence-electron chi connectivity index (χ4n) is 1.62. The van der Waals surface area contributed by atoms with Crippen LogP contribution in [0.25, 0.3) is 11.1 Å². The summed E-state index contributed by atoms with van der Waals surface area (Å²) in [4.78, 5) is 0. The van der Waals surface area contributed by atoms with Crippen molar-refractivity contribution in [2.45, 2.75) is 6.54 Å². The Balaban J connectivity index is 2.57. The molecule has 5 heteroatoms. The second kappa shape index (κ2) is 4.45. The SMILES string of the molecule is Cn1cc(-c2ccc(Cl)cc2Cl)c(CN)n1. The molecule has 1 aromatic heterocycles. The number of aryl methyl sites for hydroxylation is 1. The largest absolute Gasteiger partial charge is 0.325 e. The highest BCUT2D eigenvalue weighted by Gasteiger charge is 2.11. The number of nitrogens with zero attached hydrogens (tertiary/aromatic N) is 2. The maximum atomic E-state index is 6.14. The van der Waals surface area contributed by atoms with Crippen LogP contribution in [0.3, 0.4) is 0 Å². The van der Waals surface area contributed by atoms with Crippen molar-refractivity contribution in [1.29, 1.82) is 0 Å². The average molecular weight is 256 g/mol. The smallest absolute Gasteiger partial charge is 0.0838 e. The lowest BCUT2D eigenvalue weighted by Gasteiger charge is -2.03. The van der Waals surface area contributed by atoms with Crippen molar-refractivity contribution in [2.24, 2.45) is 12.8 Å². The van der Waals surface area contributed by atoms with Gasteiger partial charge < -0.3 is 5.73 Å². The van der Waals surface area contributed by atoms with Gasteiger partial charge in [0.2, 0.25) is 0 Å². The van der Waals surface area contributed by atoms with E-state index in [-0.39, 0.29) is 0 Å². The van der Waals surface area contributed by atoms with E-state index in [0.29, 0.717) is 16.6 Å². The maximum absolute atomic E-state index is 6.14. The van der Waals surface area contributed by atoms with Crippen molar-refractivity contribution in [2.75, 3.05) is 0 Å². The van der Waals surface area contributed by atoms with Crippen molar-refractivity contribution in [3.8, 4) is 11.1 Å². The molecule has 0 aliphatic rings. The molecule has 0 aliphatic carbocycles. The zero-order valence-corrected chi connectivity index (χ0v) is 10.3. The molecule has 3 nitrogen and oxygen atoms in total. The standard InChI is InChI=1S/C11H11Cl2N3/c1-16-6-9(11(5-14)15-16)8-3-2-7(12)4-10(8)13/h2-4,6H,5,14H2,1H3. The van der Waals surface area contributed by atoms with Gasteiger partial charge in [-0.25, -0.2) is 0 Å². The molecule has 0 bridgehead atoms. The van der Waals surface area contributed by atoms with E-state index < -0.39 is 0 Å². The van der Waals surface area contributed by atoms with Gasteiger partial charge in [-0.05, 0) is 12.1 Å². The van der Waals surface area contributed by atoms with Crippen LogP contribution < -0.4 is 5.73 Å². The summed E-state index contributed by atoms with van der Waals surface area (Å²) >= 11 is 12.0. The predicted molar refractivity (Wildman–Crippen MR) is 66.6 cm³/mol. The molecular formula is C11H11Cl2N3. The molecule has 0 unspecified atom stereocenters. The van der Waals surface area contributed by atoms with Crippen LogP contribution in [0.1, 0.15) is 5.69 Å². The predicted octanol–water partition coefficient (Wildman–Crippen LogP) is 2.85. The van der Waals surface area contributed by atoms with Crippen LogP contribution in [0, 0.1) is 0 Å². The summed E-state index contributed by atoms with van der Waals surface area (Å²) < 4.78 is 1.72. The number of rotatable bonds is 2. The van der Waals surface area contributed by atoms with Gasteiger partial charge in [-0.3, -0.25) is 4.68 Å². The summed E-state index contributed by atoms with van der Waals surface area (Å²) in [5.74, 6) is 0. The van der Waals surface area contributed by atoms with E-state index in [0.717, 1.165) is 16.8 Å². The summed E-state index contributed by atoms with van der Waals surface area (Å²) in [5.41, 5.74) is 8.32. The quantitative estimate of drug-likeness (QED) is 0.897. The third-order valence-corrected chi connectivity index (χ3v) is 2.87. The number of hydrogen-bond donors (Lipinski definition) is 1. The van der Waals surface area contributed by atoms with Crippen molar-refractivity contribution in [3.63, 3.8) is 0 Å². The monoisotopic (exact) mass is 255 g/mol. The molecule has 0 amide bonds. The third kappa shape index (κ3) is 2.07. The second-order valence-corrected chi connectivity index (χ2v) is 4.34. The lowest BCUT2D eigenvalue weighted by Crippen LogP contribution is -1.99. The molecule has 0 radical (unpaired) electrons. The molecule has 1 heterocycles. The first-order valence-corrected chi connectivity index (χ1v) is 5.55. The summed E-state index contributed by atoms with van der Waals surface area (Å²) in [6.45, 7) is 0.384. The zero-order valence-electron chi connectivity index (χ0n) is 8.74. The van der Waals surface area contributed by atoms with Crippen LogP contribution in [0.4, 0.5) is 0 Å². The molecule has 2 aromatic rings. The van der Waals surface area contributed by atoms with Gasteiger partial charge in [0.05, 0.1) is 5.69 Å². The molecule has 0 aliphatic heterocycles. The normalized spacial score (nSPS) is 10.8. The van der Waals surface area contributed by atoms with Crippen LogP contribution in [-0.4, -0.2) is 9.78 Å². The van der Waals surface area contributed by atoms with Crippen LogP contribution >= 0.6 is 23.2 Å². The van der Waals surface area contributed by atoms with E-state index in [2.05, 4.69) is 5.10 Å². The average Bonchev–Trinajstić information content (AvgIpc) is 2.59. The molecule has 1 aromatic carbocycles. The number of aromatic nitrogens is 2. The topological polar surface area (TPSA) is 43.8 Å². The van der Waals surface area contributed by atoms with E-state index >= 15 is 0 Å². The van der Waals surface area contributed by atoms with Crippen LogP contribution in [0.15, 0.2) is 24.4 Å². The zero-order chi connectivity index (χ0) is 11.7. The Kier molecular flexibility index (Phi) is 3.19. The minimum atomic E-state index is 0.384. The van der Waals surface area contributed by atoms with E-state index in [9.17, 15) is 0 Å². The molecule has 0 fully saturated rings. The summed E-state index contributed by atoms with van der Waals surface area (Å²) in [5, 5.41) is 5.49. The highest BCUT2D eigenvalue weighted by atomic mass is 35.5. The van der Waals surface area contributed by atoms with Crippen LogP contribution in [-0.2, 0) is 13.6 Å². The fourth-order valence-corrected chi connectivity index (χ4v) is 2.13. The number of hydrogen-bond acceptors (Lipinski definition) is 2. The highest BCUT2D eigenvalue weighted by molar-refractivity contribution is 6.36. The summed E-state index contributed by atoms with van der Waals surface area (Å²) in [7, 11) is 1.85. The van der Waals surface area contributed by atoms with Crippen LogP contribution in [0.5, 0.6) is 0 Å². The van der Waals surface area contributed by atoms with Gasteiger partial charge in [-0.1, -0.05) is 29.3 Å². The first-order valence-electron chi connectivity index (χ1n) is 4.80. The Morgan fingerprint density at radius 2 is 2.06 bits per heavy atom. The van der Waals surface area contributed by atoms with Gasteiger partial charge in [-0.2, -0.15) is 5.10 Å². The molecule has 0 atom stereocenters. The van der Waals surface area contributed by atoms with E-state index in [1.54, 1.807) is 16.8 Å². The Labute approximate surface area is 104 Å². The fraction of sp³-hybridized carbons (Fsp3) is 0.182. The summed E-state index contributed by atoms with van der Waals surface area (Å²) in [6.07, 6.45) is 1.90. The lowest BCUT2D eigenvalue weighted by molar-refractivity contribution is 0.742. The third-order valence-electron chi connectivity index (χ3n) is 2.32. The molecular weight excluding hydrogens is 245 g/mol. The van der Waals surface area contributed by atoms with Gasteiger partial charge in [0.15, 0.2) is 0 Å². The van der Waals surface area contributed by atoms with Crippen LogP contribution in [0.2, 0.25) is 10.0 Å². The molecule has 2 N–H and O–H groups in total. The number of nitrogens with two attached hydrogens (primary N) is 1. The number of benzene rings is 1. The van der Waals surface area contributed by atoms with Gasteiger partial charge in [0.25, 0.3) is 0 Å². The summed E-state index contributed by atoms with van der Waals surface area (Å²) in [6, 6.07) is 5.39. The number of halogens is 2. The first kappa shape index (κ1) is 11.5. The maximum Gasteiger partial charge on any atom is 0.0838 e. The van der Waals surface area contributed by atoms with E-state index in [1.807, 2.05) is 19.3 Å². The molecule has 84 valence electrons. The Bertz CT molecular complexity index is 520. The molecule has 16 heavy (non-hydrogen) atoms. The highest BCUT2D eigenvalue weighted by Crippen LogP contribution is 2.31. The Morgan fingerprint density at radius 3 is 2.69 bits per heavy atom. The van der Waals surface area contributed by atoms with Crippen molar-refractivity contribution < 1.29 is 0 Å². The van der Waals surface area contributed by atoms with Gasteiger partial charge in [-0.15, -0.1) is 0 Å².